The number of rotatable bonds is 36. The fourth-order valence-electron chi connectivity index (χ4n) is 15.6. The molecule has 0 spiro atoms. The Morgan fingerprint density at radius 2 is 0.884 bits per heavy atom. The smallest absolute Gasteiger partial charge is 0.305 e. The number of nitrogens with two attached hydrogens (primary N) is 1. The van der Waals surface area contributed by atoms with Crippen LogP contribution in [0, 0.1) is 0 Å². The monoisotopic (exact) mass is 1860 g/mol. The minimum Gasteiger partial charge on any atom is -0.481 e. The second-order valence-corrected chi connectivity index (χ2v) is 42.2. The maximum Gasteiger partial charge on any atom is 0.305 e. The summed E-state index contributed by atoms with van der Waals surface area (Å²) in [6.45, 7) is 16.9. The Morgan fingerprint density at radius 3 is 1.26 bits per heavy atom. The van der Waals surface area contributed by atoms with Gasteiger partial charge < -0.3 is 31.1 Å². The third-order valence-corrected chi connectivity index (χ3v) is 27.8. The van der Waals surface area contributed by atoms with Crippen molar-refractivity contribution in [3.63, 3.8) is 0 Å². The van der Waals surface area contributed by atoms with Crippen molar-refractivity contribution in [3.05, 3.63) is 188 Å². The quantitative estimate of drug-likeness (QED) is 0.00661. The Balaban J connectivity index is 0.000000283. The third-order valence-electron chi connectivity index (χ3n) is 21.3. The van der Waals surface area contributed by atoms with Crippen molar-refractivity contribution in [2.75, 3.05) is 72.1 Å². The second-order valence-electron chi connectivity index (χ2n) is 31.2. The van der Waals surface area contributed by atoms with Gasteiger partial charge in [-0.05, 0) is 185 Å². The molecule has 13 N–H and O–H groups in total. The van der Waals surface area contributed by atoms with Crippen molar-refractivity contribution < 1.29 is 136 Å². The Hall–Kier alpha value is -7.35. The predicted octanol–water partition coefficient (Wildman–Crippen LogP) is 12.5. The van der Waals surface area contributed by atoms with Gasteiger partial charge in [-0.3, -0.25) is 36.9 Å². The summed E-state index contributed by atoms with van der Waals surface area (Å²) < 4.78 is 212. The molecule has 0 aromatic heterocycles. The first kappa shape index (κ1) is 99.1. The highest BCUT2D eigenvalue weighted by Crippen LogP contribution is 2.52. The van der Waals surface area contributed by atoms with Gasteiger partial charge in [0.1, 0.15) is 13.1 Å². The molecule has 121 heavy (non-hydrogen) atoms. The number of nitrogens with zero attached hydrogens (tertiary/aromatic N) is 4. The van der Waals surface area contributed by atoms with Crippen LogP contribution in [0.4, 0.5) is 22.7 Å². The molecular formula is C78H101ClN6O28S8+2. The van der Waals surface area contributed by atoms with E-state index in [1.165, 1.54) is 24.3 Å². The van der Waals surface area contributed by atoms with Crippen LogP contribution in [-0.4, -0.2) is 193 Å². The van der Waals surface area contributed by atoms with Crippen LogP contribution in [0.25, 0.3) is 0 Å². The van der Waals surface area contributed by atoms with Crippen LogP contribution in [0.5, 0.6) is 0 Å². The number of hydrogen-bond acceptors (Lipinski definition) is 26. The number of benzene rings is 4. The zero-order valence-electron chi connectivity index (χ0n) is 67.4. The molecule has 4 aromatic rings. The van der Waals surface area contributed by atoms with Gasteiger partial charge in [0.05, 0.1) is 80.6 Å². The number of allylic oxidation sites excluding steroid dienone is 15. The Labute approximate surface area is 718 Å². The number of anilines is 2. The highest BCUT2D eigenvalue weighted by molar-refractivity contribution is 7.94. The van der Waals surface area contributed by atoms with E-state index in [1.807, 2.05) is 147 Å². The molecule has 34 nitrogen and oxygen atoms in total. The summed E-state index contributed by atoms with van der Waals surface area (Å²) in [6.07, 6.45) is 19.8. The summed E-state index contributed by atoms with van der Waals surface area (Å²) in [7, 11) is -25.9. The summed E-state index contributed by atoms with van der Waals surface area (Å²) >= 11 is 8.71. The van der Waals surface area contributed by atoms with Crippen LogP contribution in [0.1, 0.15) is 155 Å². The molecule has 4 heterocycles. The topological polar surface area (TPSA) is 529 Å². The average molecular weight is 1860 g/mol. The van der Waals surface area contributed by atoms with E-state index in [9.17, 15) is 92.5 Å². The van der Waals surface area contributed by atoms with E-state index >= 15 is 0 Å². The SMILES string of the molecule is CC1(C)C(/C=C/C2=C(Cl)C(=C/C=C3\N(CCCS(=O)(=O)O)c4ccc(S(=O)(=O)O)cc4C3(C)C)/CCC2)=[N+](CCCS(=O)(=O)O)c2ccc(SOOO)cc21.CC1(C)C(/C=C/C2=C(NCCC(=O)O)C(=C/C=C3\N(CCCS(=O)(=O)O)c4ccc(S(=O)(=O)O)cc4C3(C)C)/CCC2)=[N+](CCCS(=O)(=O)O)c2ccc(SOOO)cc21.NCCC(=O)O. The Kier molecular flexibility index (Phi) is 33.4. The lowest BCUT2D eigenvalue weighted by Gasteiger charge is -2.27. The van der Waals surface area contributed by atoms with E-state index in [-0.39, 0.29) is 81.0 Å². The molecule has 4 aromatic carbocycles. The van der Waals surface area contributed by atoms with Gasteiger partial charge in [0, 0.05) is 129 Å². The largest absolute Gasteiger partial charge is 0.481 e. The van der Waals surface area contributed by atoms with Gasteiger partial charge in [0.25, 0.3) is 60.7 Å². The summed E-state index contributed by atoms with van der Waals surface area (Å²) in [4.78, 5) is 25.6. The van der Waals surface area contributed by atoms with Crippen molar-refractivity contribution in [1.29, 1.82) is 0 Å². The molecule has 0 unspecified atom stereocenters. The van der Waals surface area contributed by atoms with Crippen molar-refractivity contribution >= 4 is 143 Å². The van der Waals surface area contributed by atoms with E-state index < -0.39 is 117 Å². The van der Waals surface area contributed by atoms with Gasteiger partial charge in [-0.1, -0.05) is 73.7 Å². The maximum atomic E-state index is 12.1. The van der Waals surface area contributed by atoms with Crippen LogP contribution in [0.3, 0.4) is 0 Å². The highest BCUT2D eigenvalue weighted by Gasteiger charge is 2.48. The lowest BCUT2D eigenvalue weighted by molar-refractivity contribution is -0.437. The molecule has 10 rings (SSSR count). The number of aliphatic carboxylic acids is 2. The molecule has 0 saturated carbocycles. The number of carboxylic acids is 2. The van der Waals surface area contributed by atoms with Gasteiger partial charge in [-0.25, -0.2) is 10.5 Å². The molecular weight excluding hydrogens is 1760 g/mol. The van der Waals surface area contributed by atoms with Crippen molar-refractivity contribution in [2.24, 2.45) is 5.73 Å². The predicted molar refractivity (Wildman–Crippen MR) is 457 cm³/mol. The Bertz CT molecular complexity index is 5690. The molecule has 0 fully saturated rings. The first-order valence-electron chi connectivity index (χ1n) is 37.9. The van der Waals surface area contributed by atoms with Crippen LogP contribution in [-0.2, 0) is 111 Å². The standard InChI is InChI=1S/C39H49N3O14S4.C36H43ClN2O12S4.C3H7NO2/c1-38(2)30-24-28(57-56-55-45)12-14-32(30)41(20-6-22-58(46,47)48)34(38)16-10-26-8-5-9-27(37(26)40-19-18-36(43)44)11-17-35-39(3,4)31-25-29(60(52,53)54)13-15-33(31)42(35)21-7-23-59(49,50)51;1-35(2)28-22-26(52-51-50-40)12-14-30(28)38(18-6-20-53(41,42)43)32(35)16-10-24-8-5-9-25(34(24)37)11-17-33-36(3,4)29-23-27(55(47,48)49)13-15-31(29)39(33)19-7-21-54(44,45)46;4-2-1-3(5)6/h10-17,24-25H,5-9,18-23H2,1-4H3,(H5,43,44,45,46,47,48,49,50,51,52,53,54);10-17,22-23H,5-9,18-21H2,1-4H3,(H3-,40,41,42,43,44,45,46,47,48,49);1-2,4H2,(H,5,6)/p+2/b27-11+,35-17-;;. The number of carboxylic acid groups (broad SMARTS) is 2. The van der Waals surface area contributed by atoms with Crippen LogP contribution >= 0.6 is 35.7 Å². The van der Waals surface area contributed by atoms with Crippen molar-refractivity contribution in [2.45, 2.75) is 174 Å². The van der Waals surface area contributed by atoms with Gasteiger partial charge in [-0.15, -0.1) is 8.67 Å². The average Bonchev–Trinajstić information content (AvgIpc) is 1.64. The molecule has 0 atom stereocenters. The molecule has 0 radical (unpaired) electrons. The van der Waals surface area contributed by atoms with Gasteiger partial charge in [0.2, 0.25) is 11.4 Å². The molecule has 664 valence electrons. The third kappa shape index (κ3) is 26.2. The fraction of sp³-hybridized carbons (Fsp3) is 0.436. The first-order chi connectivity index (χ1) is 56.2. The molecule has 6 aliphatic rings. The summed E-state index contributed by atoms with van der Waals surface area (Å²) in [5.74, 6) is -3.65. The van der Waals surface area contributed by atoms with Gasteiger partial charge in [0.15, 0.2) is 11.4 Å². The molecule has 4 aliphatic heterocycles. The minimum atomic E-state index is -4.54. The molecule has 43 heteroatoms. The first-order valence-corrected chi connectivity index (χ1v) is 49.1. The summed E-state index contributed by atoms with van der Waals surface area (Å²) in [5.41, 5.74) is 15.2. The number of nitrogens with one attached hydrogen (secondary N) is 1. The molecule has 0 bridgehead atoms. The number of carbonyl (C=O) groups is 2. The highest BCUT2D eigenvalue weighted by atomic mass is 35.5. The van der Waals surface area contributed by atoms with Crippen molar-refractivity contribution in [3.8, 4) is 0 Å². The fourth-order valence-corrected chi connectivity index (χ4v) is 19.7. The lowest BCUT2D eigenvalue weighted by atomic mass is 9.81. The second kappa shape index (κ2) is 40.7. The van der Waals surface area contributed by atoms with Crippen molar-refractivity contribution in [1.82, 2.24) is 5.32 Å². The maximum absolute atomic E-state index is 12.1. The zero-order valence-corrected chi connectivity index (χ0v) is 74.7. The summed E-state index contributed by atoms with van der Waals surface area (Å²) in [5, 5.41) is 46.1. The number of hydrogen-bond donors (Lipinski definition) is 12. The van der Waals surface area contributed by atoms with E-state index in [0.717, 1.165) is 98.8 Å². The zero-order chi connectivity index (χ0) is 89.8. The summed E-state index contributed by atoms with van der Waals surface area (Å²) in [6, 6.07) is 19.5. The van der Waals surface area contributed by atoms with Gasteiger partial charge in [-0.2, -0.15) is 59.7 Å². The molecule has 2 aliphatic carbocycles. The normalized spacial score (nSPS) is 19.0. The molecule has 0 amide bonds. The van der Waals surface area contributed by atoms with Gasteiger partial charge >= 0.3 is 11.9 Å². The van der Waals surface area contributed by atoms with Crippen LogP contribution in [0.2, 0.25) is 0 Å². The minimum absolute atomic E-state index is 0.0516. The van der Waals surface area contributed by atoms with E-state index in [1.54, 1.807) is 24.3 Å². The number of halogens is 1. The van der Waals surface area contributed by atoms with Crippen LogP contribution < -0.4 is 20.9 Å². The van der Waals surface area contributed by atoms with Crippen LogP contribution in [0.15, 0.2) is 185 Å². The number of fused-ring (bicyclic) bond motifs is 4. The van der Waals surface area contributed by atoms with E-state index in [2.05, 4.69) is 24.1 Å². The lowest BCUT2D eigenvalue weighted by Crippen LogP contribution is -2.28. The molecule has 0 saturated heterocycles. The van der Waals surface area contributed by atoms with E-state index in [0.29, 0.717) is 80.9 Å². The van der Waals surface area contributed by atoms with E-state index in [4.69, 9.17) is 33.0 Å². The Morgan fingerprint density at radius 1 is 0.496 bits per heavy atom.